The summed E-state index contributed by atoms with van der Waals surface area (Å²) in [5.41, 5.74) is 3.15. The van der Waals surface area contributed by atoms with Crippen molar-refractivity contribution in [3.05, 3.63) is 59.4 Å². The lowest BCUT2D eigenvalue weighted by Gasteiger charge is -2.12. The van der Waals surface area contributed by atoms with Crippen molar-refractivity contribution < 1.29 is 9.90 Å². The summed E-state index contributed by atoms with van der Waals surface area (Å²) in [7, 11) is 0. The number of aromatic nitrogens is 1. The van der Waals surface area contributed by atoms with E-state index < -0.39 is 6.10 Å². The minimum Gasteiger partial charge on any atom is -0.388 e. The Balaban J connectivity index is 1.89. The first-order valence-corrected chi connectivity index (χ1v) is 6.27. The number of carbonyl (C=O) groups is 1. The molecule has 96 valence electrons. The zero-order valence-electron chi connectivity index (χ0n) is 10.3. The fourth-order valence-electron chi connectivity index (χ4n) is 2.46. The molecule has 4 heteroatoms. The Labute approximate surface area is 111 Å². The molecule has 0 saturated carbocycles. The van der Waals surface area contributed by atoms with Crippen molar-refractivity contribution in [2.24, 2.45) is 0 Å². The molecule has 19 heavy (non-hydrogen) atoms. The van der Waals surface area contributed by atoms with Gasteiger partial charge >= 0.3 is 0 Å². The predicted octanol–water partition coefficient (Wildman–Crippen LogP) is 2.31. The number of anilines is 1. The molecule has 1 aliphatic rings. The number of aliphatic hydroxyl groups is 1. The molecule has 0 saturated heterocycles. The molecule has 1 aromatic carbocycles. The van der Waals surface area contributed by atoms with Crippen molar-refractivity contribution in [3.8, 4) is 0 Å². The molecular formula is C15H14N2O2. The Kier molecular flexibility index (Phi) is 3.01. The van der Waals surface area contributed by atoms with Gasteiger partial charge in [0.2, 0.25) is 0 Å². The molecule has 1 unspecified atom stereocenters. The molecule has 1 aliphatic carbocycles. The lowest BCUT2D eigenvalue weighted by atomic mass is 10.1. The predicted molar refractivity (Wildman–Crippen MR) is 71.9 cm³/mol. The fourth-order valence-corrected chi connectivity index (χ4v) is 2.46. The number of rotatable bonds is 2. The van der Waals surface area contributed by atoms with Gasteiger partial charge in [-0.3, -0.25) is 9.78 Å². The summed E-state index contributed by atoms with van der Waals surface area (Å²) in [4.78, 5) is 16.0. The topological polar surface area (TPSA) is 62.2 Å². The highest BCUT2D eigenvalue weighted by molar-refractivity contribution is 6.04. The van der Waals surface area contributed by atoms with Crippen LogP contribution in [0.25, 0.3) is 0 Å². The second-order valence-electron chi connectivity index (χ2n) is 4.63. The maximum atomic E-state index is 12.1. The van der Waals surface area contributed by atoms with Gasteiger partial charge in [-0.25, -0.2) is 0 Å². The van der Waals surface area contributed by atoms with Crippen LogP contribution in [-0.2, 0) is 6.42 Å². The molecule has 1 heterocycles. The summed E-state index contributed by atoms with van der Waals surface area (Å²) in [6, 6.07) is 9.14. The van der Waals surface area contributed by atoms with E-state index in [1.165, 1.54) is 6.20 Å². The summed E-state index contributed by atoms with van der Waals surface area (Å²) >= 11 is 0. The smallest absolute Gasteiger partial charge is 0.257 e. The van der Waals surface area contributed by atoms with Gasteiger partial charge in [-0.1, -0.05) is 12.1 Å². The molecule has 0 radical (unpaired) electrons. The lowest BCUT2D eigenvalue weighted by molar-refractivity contribution is 0.102. The Morgan fingerprint density at radius 1 is 1.32 bits per heavy atom. The number of amides is 1. The van der Waals surface area contributed by atoms with Crippen molar-refractivity contribution in [2.45, 2.75) is 18.9 Å². The van der Waals surface area contributed by atoms with E-state index in [1.54, 1.807) is 18.3 Å². The highest BCUT2D eigenvalue weighted by Crippen LogP contribution is 2.36. The molecular weight excluding hydrogens is 240 g/mol. The van der Waals surface area contributed by atoms with Gasteiger partial charge in [0.15, 0.2) is 0 Å². The number of hydrogen-bond acceptors (Lipinski definition) is 3. The van der Waals surface area contributed by atoms with Crippen molar-refractivity contribution in [3.63, 3.8) is 0 Å². The standard InChI is InChI=1S/C15H14N2O2/c18-13-7-6-10-3-1-5-12(14(10)13)17-15(19)11-4-2-8-16-9-11/h1-5,8-9,13,18H,6-7H2,(H,17,19). The van der Waals surface area contributed by atoms with E-state index in [-0.39, 0.29) is 5.91 Å². The number of aryl methyl sites for hydroxylation is 1. The molecule has 2 aromatic rings. The van der Waals surface area contributed by atoms with Crippen LogP contribution < -0.4 is 5.32 Å². The summed E-state index contributed by atoms with van der Waals surface area (Å²) < 4.78 is 0. The first-order chi connectivity index (χ1) is 9.25. The zero-order chi connectivity index (χ0) is 13.2. The third-order valence-electron chi connectivity index (χ3n) is 3.39. The number of pyridine rings is 1. The van der Waals surface area contributed by atoms with Crippen LogP contribution >= 0.6 is 0 Å². The summed E-state index contributed by atoms with van der Waals surface area (Å²) in [6.07, 6.45) is 4.23. The average Bonchev–Trinajstić information content (AvgIpc) is 2.83. The number of carbonyl (C=O) groups excluding carboxylic acids is 1. The maximum Gasteiger partial charge on any atom is 0.257 e. The highest BCUT2D eigenvalue weighted by Gasteiger charge is 2.24. The molecule has 4 nitrogen and oxygen atoms in total. The first-order valence-electron chi connectivity index (χ1n) is 6.27. The molecule has 0 fully saturated rings. The van der Waals surface area contributed by atoms with E-state index in [9.17, 15) is 9.90 Å². The van der Waals surface area contributed by atoms with Crippen molar-refractivity contribution in [1.29, 1.82) is 0 Å². The van der Waals surface area contributed by atoms with Crippen LogP contribution in [0.4, 0.5) is 5.69 Å². The number of fused-ring (bicyclic) bond motifs is 1. The minimum atomic E-state index is -0.486. The quantitative estimate of drug-likeness (QED) is 0.864. The van der Waals surface area contributed by atoms with Crippen LogP contribution in [0.1, 0.15) is 34.0 Å². The maximum absolute atomic E-state index is 12.1. The van der Waals surface area contributed by atoms with Crippen LogP contribution in [0, 0.1) is 0 Å². The molecule has 1 amide bonds. The average molecular weight is 254 g/mol. The van der Waals surface area contributed by atoms with E-state index in [1.807, 2.05) is 18.2 Å². The SMILES string of the molecule is O=C(Nc1cccc2c1C(O)CC2)c1cccnc1. The molecule has 0 spiro atoms. The molecule has 2 N–H and O–H groups in total. The van der Waals surface area contributed by atoms with Gasteiger partial charge in [-0.2, -0.15) is 0 Å². The fraction of sp³-hybridized carbons (Fsp3) is 0.200. The van der Waals surface area contributed by atoms with Gasteiger partial charge in [0.1, 0.15) is 0 Å². The number of benzene rings is 1. The van der Waals surface area contributed by atoms with Crippen molar-refractivity contribution in [1.82, 2.24) is 4.98 Å². The van der Waals surface area contributed by atoms with Gasteiger partial charge in [-0.05, 0) is 36.6 Å². The van der Waals surface area contributed by atoms with Gasteiger partial charge in [-0.15, -0.1) is 0 Å². The largest absolute Gasteiger partial charge is 0.388 e. The highest BCUT2D eigenvalue weighted by atomic mass is 16.3. The molecule has 0 aliphatic heterocycles. The van der Waals surface area contributed by atoms with Crippen LogP contribution in [0.2, 0.25) is 0 Å². The van der Waals surface area contributed by atoms with E-state index in [4.69, 9.17) is 0 Å². The van der Waals surface area contributed by atoms with E-state index in [0.717, 1.165) is 24.0 Å². The number of nitrogens with one attached hydrogen (secondary N) is 1. The summed E-state index contributed by atoms with van der Waals surface area (Å²) in [5.74, 6) is -0.208. The Morgan fingerprint density at radius 2 is 2.21 bits per heavy atom. The van der Waals surface area contributed by atoms with E-state index >= 15 is 0 Å². The number of aliphatic hydroxyl groups excluding tert-OH is 1. The van der Waals surface area contributed by atoms with Crippen molar-refractivity contribution >= 4 is 11.6 Å². The second kappa shape index (κ2) is 4.82. The minimum absolute atomic E-state index is 0.208. The Hall–Kier alpha value is -2.20. The summed E-state index contributed by atoms with van der Waals surface area (Å²) in [6.45, 7) is 0. The zero-order valence-corrected chi connectivity index (χ0v) is 10.3. The molecule has 1 atom stereocenters. The van der Waals surface area contributed by atoms with Gasteiger partial charge in [0, 0.05) is 23.6 Å². The van der Waals surface area contributed by atoms with Crippen LogP contribution in [-0.4, -0.2) is 16.0 Å². The van der Waals surface area contributed by atoms with Crippen molar-refractivity contribution in [2.75, 3.05) is 5.32 Å². The van der Waals surface area contributed by atoms with Crippen LogP contribution in [0.3, 0.4) is 0 Å². The lowest BCUT2D eigenvalue weighted by Crippen LogP contribution is -2.14. The Morgan fingerprint density at radius 3 is 3.00 bits per heavy atom. The van der Waals surface area contributed by atoms with E-state index in [0.29, 0.717) is 11.3 Å². The first kappa shape index (κ1) is 11.9. The third-order valence-corrected chi connectivity index (χ3v) is 3.39. The van der Waals surface area contributed by atoms with Gasteiger partial charge < -0.3 is 10.4 Å². The molecule has 3 rings (SSSR count). The van der Waals surface area contributed by atoms with Gasteiger partial charge in [0.05, 0.1) is 11.7 Å². The third kappa shape index (κ3) is 2.22. The Bertz CT molecular complexity index is 611. The number of nitrogens with zero attached hydrogens (tertiary/aromatic N) is 1. The molecule has 1 aromatic heterocycles. The van der Waals surface area contributed by atoms with Gasteiger partial charge in [0.25, 0.3) is 5.91 Å². The number of hydrogen-bond donors (Lipinski definition) is 2. The van der Waals surface area contributed by atoms with Crippen LogP contribution in [0.5, 0.6) is 0 Å². The second-order valence-corrected chi connectivity index (χ2v) is 4.63. The summed E-state index contributed by atoms with van der Waals surface area (Å²) in [5, 5.41) is 12.8. The molecule has 0 bridgehead atoms. The normalized spacial score (nSPS) is 17.0. The van der Waals surface area contributed by atoms with Crippen LogP contribution in [0.15, 0.2) is 42.7 Å². The van der Waals surface area contributed by atoms with E-state index in [2.05, 4.69) is 10.3 Å². The monoisotopic (exact) mass is 254 g/mol.